The Labute approximate surface area is 92.5 Å². The number of nitrogens with two attached hydrogens (primary N) is 1. The van der Waals surface area contributed by atoms with Crippen molar-refractivity contribution >= 4 is 11.7 Å². The van der Waals surface area contributed by atoms with Gasteiger partial charge < -0.3 is 10.6 Å². The lowest BCUT2D eigenvalue weighted by Gasteiger charge is -2.29. The summed E-state index contributed by atoms with van der Waals surface area (Å²) in [6.07, 6.45) is 3.35. The second-order valence-electron chi connectivity index (χ2n) is 3.81. The molecule has 1 aliphatic heterocycles. The largest absolute Gasteiger partial charge is 0.364 e. The summed E-state index contributed by atoms with van der Waals surface area (Å²) in [5.41, 5.74) is 5.22. The number of aromatic nitrogens is 2. The highest BCUT2D eigenvalue weighted by Crippen LogP contribution is 2.18. The summed E-state index contributed by atoms with van der Waals surface area (Å²) in [6.45, 7) is 1.04. The molecule has 1 unspecified atom stereocenters. The maximum atomic E-state index is 13.2. The third-order valence-electron chi connectivity index (χ3n) is 2.56. The van der Waals surface area contributed by atoms with E-state index in [2.05, 4.69) is 9.97 Å². The zero-order valence-corrected chi connectivity index (χ0v) is 8.77. The lowest BCUT2D eigenvalue weighted by atomic mass is 10.1. The molecule has 2 heterocycles. The van der Waals surface area contributed by atoms with E-state index in [0.29, 0.717) is 18.8 Å². The first-order valence-electron chi connectivity index (χ1n) is 5.17. The van der Waals surface area contributed by atoms with Gasteiger partial charge in [-0.2, -0.15) is 0 Å². The fourth-order valence-electron chi connectivity index (χ4n) is 1.76. The average molecular weight is 224 g/mol. The van der Waals surface area contributed by atoms with Crippen molar-refractivity contribution in [2.24, 2.45) is 5.73 Å². The van der Waals surface area contributed by atoms with Gasteiger partial charge in [-0.05, 0) is 12.8 Å². The number of primary amides is 1. The van der Waals surface area contributed by atoms with E-state index in [0.717, 1.165) is 13.0 Å². The Hall–Kier alpha value is -1.72. The maximum Gasteiger partial charge on any atom is 0.268 e. The molecule has 1 fully saturated rings. The molecule has 0 radical (unpaired) electrons. The minimum atomic E-state index is -0.840. The van der Waals surface area contributed by atoms with Crippen LogP contribution in [0.4, 0.5) is 10.2 Å². The van der Waals surface area contributed by atoms with Gasteiger partial charge in [-0.3, -0.25) is 9.78 Å². The number of anilines is 1. The summed E-state index contributed by atoms with van der Waals surface area (Å²) < 4.78 is 13.2. The number of hydrogen-bond acceptors (Lipinski definition) is 4. The predicted molar refractivity (Wildman–Crippen MR) is 56.9 cm³/mol. The van der Waals surface area contributed by atoms with Crippen molar-refractivity contribution in [3.8, 4) is 0 Å². The molecule has 1 aliphatic rings. The SMILES string of the molecule is NC(=O)c1cncc(N2CCCC(F)C2)n1. The number of hydrogen-bond donors (Lipinski definition) is 1. The van der Waals surface area contributed by atoms with Gasteiger partial charge in [-0.25, -0.2) is 9.37 Å². The smallest absolute Gasteiger partial charge is 0.268 e. The molecule has 0 saturated carbocycles. The van der Waals surface area contributed by atoms with Crippen molar-refractivity contribution in [3.63, 3.8) is 0 Å². The fraction of sp³-hybridized carbons (Fsp3) is 0.500. The van der Waals surface area contributed by atoms with E-state index < -0.39 is 12.1 Å². The summed E-state index contributed by atoms with van der Waals surface area (Å²) in [6, 6.07) is 0. The van der Waals surface area contributed by atoms with Crippen molar-refractivity contribution in [1.29, 1.82) is 0 Å². The van der Waals surface area contributed by atoms with Gasteiger partial charge in [0, 0.05) is 6.54 Å². The topological polar surface area (TPSA) is 72.1 Å². The molecular weight excluding hydrogens is 211 g/mol. The lowest BCUT2D eigenvalue weighted by molar-refractivity contribution is 0.0995. The number of halogens is 1. The van der Waals surface area contributed by atoms with Crippen LogP contribution >= 0.6 is 0 Å². The van der Waals surface area contributed by atoms with Crippen molar-refractivity contribution < 1.29 is 9.18 Å². The Morgan fingerprint density at radius 1 is 1.56 bits per heavy atom. The Morgan fingerprint density at radius 3 is 3.06 bits per heavy atom. The summed E-state index contributed by atoms with van der Waals surface area (Å²) in [5.74, 6) is -0.109. The number of nitrogens with zero attached hydrogens (tertiary/aromatic N) is 3. The van der Waals surface area contributed by atoms with Crippen molar-refractivity contribution in [2.75, 3.05) is 18.0 Å². The quantitative estimate of drug-likeness (QED) is 0.794. The molecule has 1 atom stereocenters. The number of carbonyl (C=O) groups excluding carboxylic acids is 1. The molecule has 1 aromatic rings. The summed E-state index contributed by atoms with van der Waals surface area (Å²) >= 11 is 0. The molecule has 1 aromatic heterocycles. The highest BCUT2D eigenvalue weighted by molar-refractivity contribution is 5.90. The number of rotatable bonds is 2. The van der Waals surface area contributed by atoms with Crippen LogP contribution in [-0.2, 0) is 0 Å². The third kappa shape index (κ3) is 2.26. The maximum absolute atomic E-state index is 13.2. The number of piperidine rings is 1. The molecule has 2 N–H and O–H groups in total. The minimum absolute atomic E-state index is 0.110. The Kier molecular flexibility index (Phi) is 2.98. The van der Waals surface area contributed by atoms with Gasteiger partial charge in [0.05, 0.1) is 18.9 Å². The Morgan fingerprint density at radius 2 is 2.38 bits per heavy atom. The van der Waals surface area contributed by atoms with Crippen LogP contribution in [-0.4, -0.2) is 35.1 Å². The standard InChI is InChI=1S/C10H13FN4O/c11-7-2-1-3-15(6-7)9-5-13-4-8(14-9)10(12)16/h4-5,7H,1-3,6H2,(H2,12,16). The van der Waals surface area contributed by atoms with E-state index in [-0.39, 0.29) is 5.69 Å². The molecule has 5 nitrogen and oxygen atoms in total. The van der Waals surface area contributed by atoms with Crippen LogP contribution in [0.2, 0.25) is 0 Å². The molecule has 1 saturated heterocycles. The third-order valence-corrected chi connectivity index (χ3v) is 2.56. The first kappa shape index (κ1) is 10.8. The van der Waals surface area contributed by atoms with Crippen LogP contribution in [0.1, 0.15) is 23.3 Å². The fourth-order valence-corrected chi connectivity index (χ4v) is 1.76. The second-order valence-corrected chi connectivity index (χ2v) is 3.81. The number of alkyl halides is 1. The normalized spacial score (nSPS) is 20.8. The van der Waals surface area contributed by atoms with Gasteiger partial charge >= 0.3 is 0 Å². The molecule has 0 aliphatic carbocycles. The highest BCUT2D eigenvalue weighted by atomic mass is 19.1. The van der Waals surface area contributed by atoms with Gasteiger partial charge in [0.25, 0.3) is 5.91 Å². The van der Waals surface area contributed by atoms with E-state index in [1.165, 1.54) is 12.4 Å². The molecule has 0 bridgehead atoms. The van der Waals surface area contributed by atoms with Crippen LogP contribution in [0.25, 0.3) is 0 Å². The van der Waals surface area contributed by atoms with Crippen LogP contribution < -0.4 is 10.6 Å². The van der Waals surface area contributed by atoms with Crippen LogP contribution in [0, 0.1) is 0 Å². The minimum Gasteiger partial charge on any atom is -0.364 e. The summed E-state index contributed by atoms with van der Waals surface area (Å²) in [5, 5.41) is 0. The molecule has 1 amide bonds. The van der Waals surface area contributed by atoms with E-state index in [1.807, 2.05) is 0 Å². The Balaban J connectivity index is 2.19. The predicted octanol–water partition coefficient (Wildman–Crippen LogP) is 0.514. The molecule has 16 heavy (non-hydrogen) atoms. The molecular formula is C10H13FN4O. The molecule has 2 rings (SSSR count). The Bertz CT molecular complexity index is 398. The molecule has 0 spiro atoms. The van der Waals surface area contributed by atoms with E-state index in [4.69, 9.17) is 5.73 Å². The number of carbonyl (C=O) groups is 1. The van der Waals surface area contributed by atoms with Crippen molar-refractivity contribution in [1.82, 2.24) is 9.97 Å². The van der Waals surface area contributed by atoms with E-state index in [1.54, 1.807) is 4.90 Å². The first-order chi connectivity index (χ1) is 7.66. The van der Waals surface area contributed by atoms with E-state index >= 15 is 0 Å². The lowest BCUT2D eigenvalue weighted by Crippen LogP contribution is -2.37. The monoisotopic (exact) mass is 224 g/mol. The van der Waals surface area contributed by atoms with Gasteiger partial charge in [0.1, 0.15) is 17.7 Å². The highest BCUT2D eigenvalue weighted by Gasteiger charge is 2.20. The van der Waals surface area contributed by atoms with Gasteiger partial charge in [0.2, 0.25) is 0 Å². The van der Waals surface area contributed by atoms with E-state index in [9.17, 15) is 9.18 Å². The number of amides is 1. The first-order valence-corrected chi connectivity index (χ1v) is 5.17. The molecule has 0 aromatic carbocycles. The zero-order chi connectivity index (χ0) is 11.5. The van der Waals surface area contributed by atoms with Gasteiger partial charge in [-0.1, -0.05) is 0 Å². The van der Waals surface area contributed by atoms with Gasteiger partial charge in [-0.15, -0.1) is 0 Å². The van der Waals surface area contributed by atoms with Crippen LogP contribution in [0.5, 0.6) is 0 Å². The van der Waals surface area contributed by atoms with Crippen LogP contribution in [0.15, 0.2) is 12.4 Å². The average Bonchev–Trinajstić information content (AvgIpc) is 2.29. The summed E-state index contributed by atoms with van der Waals surface area (Å²) in [7, 11) is 0. The molecule has 6 heteroatoms. The van der Waals surface area contributed by atoms with Crippen molar-refractivity contribution in [2.45, 2.75) is 19.0 Å². The van der Waals surface area contributed by atoms with Crippen molar-refractivity contribution in [3.05, 3.63) is 18.1 Å². The molecule has 86 valence electrons. The zero-order valence-electron chi connectivity index (χ0n) is 8.77. The second kappa shape index (κ2) is 4.42. The van der Waals surface area contributed by atoms with Gasteiger partial charge in [0.15, 0.2) is 0 Å². The summed E-state index contributed by atoms with van der Waals surface area (Å²) in [4.78, 5) is 20.6. The van der Waals surface area contributed by atoms with Crippen LogP contribution in [0.3, 0.4) is 0 Å².